The van der Waals surface area contributed by atoms with E-state index >= 15 is 0 Å². The third-order valence-corrected chi connectivity index (χ3v) is 2.97. The molecule has 1 unspecified atom stereocenters. The van der Waals surface area contributed by atoms with Gasteiger partial charge in [0.1, 0.15) is 5.75 Å². The highest BCUT2D eigenvalue weighted by Crippen LogP contribution is 2.21. The van der Waals surface area contributed by atoms with E-state index in [1.165, 1.54) is 11.0 Å². The summed E-state index contributed by atoms with van der Waals surface area (Å²) in [6.45, 7) is 2.10. The van der Waals surface area contributed by atoms with Gasteiger partial charge in [0.2, 0.25) is 0 Å². The molecule has 5 heteroatoms. The number of aromatic hydroxyl groups is 1. The Balaban J connectivity index is 2.89. The molecule has 1 amide bonds. The lowest BCUT2D eigenvalue weighted by Gasteiger charge is -2.18. The minimum Gasteiger partial charge on any atom is -0.507 e. The first kappa shape index (κ1) is 13.8. The lowest BCUT2D eigenvalue weighted by atomic mass is 10.1. The molecule has 90 valence electrons. The number of carbonyl (C=O) groups is 1. The van der Waals surface area contributed by atoms with Crippen molar-refractivity contribution >= 4 is 28.5 Å². The first-order chi connectivity index (χ1) is 7.95. The molecular weight excluding hydrogens is 331 g/mol. The molecule has 0 heterocycles. The average molecular weight is 344 g/mol. The predicted molar refractivity (Wildman–Crippen MR) is 72.6 cm³/mol. The van der Waals surface area contributed by atoms with E-state index in [9.17, 15) is 9.90 Å². The summed E-state index contributed by atoms with van der Waals surface area (Å²) in [4.78, 5) is 13.5. The molecule has 1 N–H and O–H groups in total. The Kier molecular flexibility index (Phi) is 4.75. The van der Waals surface area contributed by atoms with Crippen LogP contribution in [0, 0.1) is 20.8 Å². The summed E-state index contributed by atoms with van der Waals surface area (Å²) in [5, 5.41) is 18.3. The van der Waals surface area contributed by atoms with Gasteiger partial charge < -0.3 is 10.0 Å². The molecule has 1 aromatic carbocycles. The maximum atomic E-state index is 12.0. The van der Waals surface area contributed by atoms with Crippen LogP contribution < -0.4 is 0 Å². The van der Waals surface area contributed by atoms with Crippen LogP contribution in [0.2, 0.25) is 0 Å². The molecule has 0 bridgehead atoms. The standard InChI is InChI=1S/C12H13IN2O2/c1-8(6-14)7-15(2)12(17)10-5-9(13)3-4-11(10)16/h3-5,8,16H,7H2,1-2H3. The second kappa shape index (κ2) is 5.87. The SMILES string of the molecule is CC(C#N)CN(C)C(=O)c1cc(I)ccc1O. The maximum Gasteiger partial charge on any atom is 0.257 e. The largest absolute Gasteiger partial charge is 0.507 e. The highest BCUT2D eigenvalue weighted by Gasteiger charge is 2.17. The number of phenolic OH excluding ortho intramolecular Hbond substituents is 1. The summed E-state index contributed by atoms with van der Waals surface area (Å²) in [6, 6.07) is 6.92. The van der Waals surface area contributed by atoms with Crippen LogP contribution in [0.4, 0.5) is 0 Å². The molecule has 0 aliphatic heterocycles. The van der Waals surface area contributed by atoms with Gasteiger partial charge in [-0.1, -0.05) is 0 Å². The monoisotopic (exact) mass is 344 g/mol. The number of hydrogen-bond donors (Lipinski definition) is 1. The van der Waals surface area contributed by atoms with Crippen LogP contribution in [0.25, 0.3) is 0 Å². The van der Waals surface area contributed by atoms with E-state index in [-0.39, 0.29) is 23.1 Å². The zero-order chi connectivity index (χ0) is 13.0. The lowest BCUT2D eigenvalue weighted by Crippen LogP contribution is -2.30. The molecule has 0 aliphatic rings. The van der Waals surface area contributed by atoms with E-state index in [1.807, 2.05) is 0 Å². The Labute approximate surface area is 114 Å². The molecular formula is C12H13IN2O2. The minimum atomic E-state index is -0.275. The van der Waals surface area contributed by atoms with Crippen molar-refractivity contribution in [3.05, 3.63) is 27.3 Å². The number of rotatable bonds is 3. The van der Waals surface area contributed by atoms with E-state index in [0.717, 1.165) is 3.57 Å². The van der Waals surface area contributed by atoms with Crippen LogP contribution in [-0.4, -0.2) is 29.5 Å². The predicted octanol–water partition coefficient (Wildman–Crippen LogP) is 2.23. The molecule has 0 radical (unpaired) electrons. The number of nitriles is 1. The van der Waals surface area contributed by atoms with Crippen molar-refractivity contribution < 1.29 is 9.90 Å². The minimum absolute atomic E-state index is 0.0353. The molecule has 4 nitrogen and oxygen atoms in total. The number of carbonyl (C=O) groups excluding carboxylic acids is 1. The lowest BCUT2D eigenvalue weighted by molar-refractivity contribution is 0.0782. The Morgan fingerprint density at radius 1 is 1.65 bits per heavy atom. The van der Waals surface area contributed by atoms with Gasteiger partial charge in [-0.2, -0.15) is 5.26 Å². The molecule has 0 aromatic heterocycles. The fraction of sp³-hybridized carbons (Fsp3) is 0.333. The van der Waals surface area contributed by atoms with E-state index in [2.05, 4.69) is 28.7 Å². The number of amides is 1. The van der Waals surface area contributed by atoms with Gasteiger partial charge >= 0.3 is 0 Å². The van der Waals surface area contributed by atoms with Crippen molar-refractivity contribution in [3.63, 3.8) is 0 Å². The van der Waals surface area contributed by atoms with Crippen LogP contribution in [0.5, 0.6) is 5.75 Å². The number of benzene rings is 1. The normalized spacial score (nSPS) is 11.6. The van der Waals surface area contributed by atoms with Gasteiger partial charge in [-0.25, -0.2) is 0 Å². The van der Waals surface area contributed by atoms with Crippen molar-refractivity contribution in [2.45, 2.75) is 6.92 Å². The Morgan fingerprint density at radius 2 is 2.29 bits per heavy atom. The van der Waals surface area contributed by atoms with Crippen molar-refractivity contribution in [3.8, 4) is 11.8 Å². The maximum absolute atomic E-state index is 12.0. The van der Waals surface area contributed by atoms with E-state index in [4.69, 9.17) is 5.26 Å². The summed E-state index contributed by atoms with van der Waals surface area (Å²) in [5.74, 6) is -0.538. The van der Waals surface area contributed by atoms with Crippen LogP contribution in [-0.2, 0) is 0 Å². The molecule has 17 heavy (non-hydrogen) atoms. The van der Waals surface area contributed by atoms with Gasteiger partial charge in [-0.05, 0) is 47.7 Å². The van der Waals surface area contributed by atoms with Gasteiger partial charge in [0.25, 0.3) is 5.91 Å². The number of nitrogens with zero attached hydrogens (tertiary/aromatic N) is 2. The molecule has 0 saturated carbocycles. The fourth-order valence-electron chi connectivity index (χ4n) is 1.42. The fourth-order valence-corrected chi connectivity index (χ4v) is 1.91. The van der Waals surface area contributed by atoms with Gasteiger partial charge in [0.05, 0.1) is 17.6 Å². The van der Waals surface area contributed by atoms with Gasteiger partial charge in [0.15, 0.2) is 0 Å². The highest BCUT2D eigenvalue weighted by atomic mass is 127. The van der Waals surface area contributed by atoms with Gasteiger partial charge in [0, 0.05) is 17.2 Å². The summed E-state index contributed by atoms with van der Waals surface area (Å²) in [5.41, 5.74) is 0.268. The summed E-state index contributed by atoms with van der Waals surface area (Å²) in [7, 11) is 1.62. The zero-order valence-electron chi connectivity index (χ0n) is 9.64. The Hall–Kier alpha value is -1.29. The van der Waals surface area contributed by atoms with Crippen molar-refractivity contribution in [2.75, 3.05) is 13.6 Å². The third kappa shape index (κ3) is 3.60. The molecule has 0 saturated heterocycles. The molecule has 0 spiro atoms. The first-order valence-corrected chi connectivity index (χ1v) is 6.17. The highest BCUT2D eigenvalue weighted by molar-refractivity contribution is 14.1. The van der Waals surface area contributed by atoms with E-state index < -0.39 is 0 Å². The van der Waals surface area contributed by atoms with Crippen LogP contribution >= 0.6 is 22.6 Å². The molecule has 0 fully saturated rings. The number of hydrogen-bond acceptors (Lipinski definition) is 3. The van der Waals surface area contributed by atoms with Gasteiger partial charge in [-0.3, -0.25) is 4.79 Å². The Morgan fingerprint density at radius 3 is 2.88 bits per heavy atom. The second-order valence-corrected chi connectivity index (χ2v) is 5.12. The number of phenols is 1. The molecule has 1 atom stereocenters. The molecule has 1 aromatic rings. The quantitative estimate of drug-likeness (QED) is 0.856. The van der Waals surface area contributed by atoms with Crippen molar-refractivity contribution in [1.29, 1.82) is 5.26 Å². The molecule has 1 rings (SSSR count). The van der Waals surface area contributed by atoms with Crippen LogP contribution in [0.1, 0.15) is 17.3 Å². The third-order valence-electron chi connectivity index (χ3n) is 2.30. The summed E-state index contributed by atoms with van der Waals surface area (Å²) in [6.07, 6.45) is 0. The molecule has 0 aliphatic carbocycles. The smallest absolute Gasteiger partial charge is 0.257 e. The second-order valence-electron chi connectivity index (χ2n) is 3.88. The topological polar surface area (TPSA) is 64.3 Å². The zero-order valence-corrected chi connectivity index (χ0v) is 11.8. The Bertz CT molecular complexity index is 468. The number of halogens is 1. The van der Waals surface area contributed by atoms with Crippen LogP contribution in [0.3, 0.4) is 0 Å². The van der Waals surface area contributed by atoms with Crippen LogP contribution in [0.15, 0.2) is 18.2 Å². The summed E-state index contributed by atoms with van der Waals surface area (Å²) < 4.78 is 0.880. The summed E-state index contributed by atoms with van der Waals surface area (Å²) >= 11 is 2.08. The first-order valence-electron chi connectivity index (χ1n) is 5.09. The van der Waals surface area contributed by atoms with E-state index in [1.54, 1.807) is 26.1 Å². The van der Waals surface area contributed by atoms with E-state index in [0.29, 0.717) is 6.54 Å². The average Bonchev–Trinajstić information content (AvgIpc) is 2.31. The van der Waals surface area contributed by atoms with Crippen molar-refractivity contribution in [2.24, 2.45) is 5.92 Å². The van der Waals surface area contributed by atoms with Crippen molar-refractivity contribution in [1.82, 2.24) is 4.90 Å². The van der Waals surface area contributed by atoms with Gasteiger partial charge in [-0.15, -0.1) is 0 Å².